The van der Waals surface area contributed by atoms with Crippen molar-refractivity contribution in [1.29, 1.82) is 0 Å². The van der Waals surface area contributed by atoms with Gasteiger partial charge in [0.15, 0.2) is 0 Å². The van der Waals surface area contributed by atoms with Gasteiger partial charge in [-0.2, -0.15) is 0 Å². The molecule has 0 saturated carbocycles. The summed E-state index contributed by atoms with van der Waals surface area (Å²) in [6, 6.07) is -0.414. The first-order valence-corrected chi connectivity index (χ1v) is 8.31. The van der Waals surface area contributed by atoms with Crippen molar-refractivity contribution in [2.75, 3.05) is 18.0 Å². The Morgan fingerprint density at radius 1 is 1.42 bits per heavy atom. The Kier molecular flexibility index (Phi) is 4.52. The number of fused-ring (bicyclic) bond motifs is 3. The van der Waals surface area contributed by atoms with Crippen LogP contribution in [0.3, 0.4) is 0 Å². The molecule has 0 bridgehead atoms. The fraction of sp³-hybridized carbons (Fsp3) is 0.600. The van der Waals surface area contributed by atoms with Crippen molar-refractivity contribution in [2.24, 2.45) is 5.84 Å². The van der Waals surface area contributed by atoms with E-state index < -0.39 is 5.91 Å². The number of carbonyl (C=O) groups excluding carboxylic acids is 2. The second kappa shape index (κ2) is 6.60. The molecule has 0 aliphatic carbocycles. The molecule has 4 N–H and O–H groups in total. The van der Waals surface area contributed by atoms with Gasteiger partial charge in [0.25, 0.3) is 5.56 Å². The number of rotatable bonds is 4. The van der Waals surface area contributed by atoms with Gasteiger partial charge in [0.05, 0.1) is 11.6 Å². The first-order valence-electron chi connectivity index (χ1n) is 8.31. The van der Waals surface area contributed by atoms with Gasteiger partial charge in [-0.15, -0.1) is 0 Å². The molecule has 1 saturated heterocycles. The van der Waals surface area contributed by atoms with Gasteiger partial charge in [-0.25, -0.2) is 15.6 Å². The van der Waals surface area contributed by atoms with Crippen molar-refractivity contribution in [3.63, 3.8) is 0 Å². The lowest BCUT2D eigenvalue weighted by molar-refractivity contribution is 0.0941. The van der Waals surface area contributed by atoms with Crippen LogP contribution in [0.15, 0.2) is 4.79 Å². The van der Waals surface area contributed by atoms with Crippen LogP contribution in [0.4, 0.5) is 10.6 Å². The van der Waals surface area contributed by atoms with Crippen LogP contribution in [0.2, 0.25) is 0 Å². The number of nitrogens with two attached hydrogens (primary N) is 1. The van der Waals surface area contributed by atoms with E-state index in [-0.39, 0.29) is 23.5 Å². The number of piperidine rings is 1. The number of anilines is 1. The Morgan fingerprint density at radius 2 is 2.21 bits per heavy atom. The summed E-state index contributed by atoms with van der Waals surface area (Å²) in [7, 11) is 0. The average Bonchev–Trinajstić information content (AvgIpc) is 2.60. The summed E-state index contributed by atoms with van der Waals surface area (Å²) >= 11 is 0. The number of aromatic nitrogens is 2. The topological polar surface area (TPSA) is 124 Å². The molecule has 130 valence electrons. The number of nitrogens with one attached hydrogen (secondary N) is 2. The summed E-state index contributed by atoms with van der Waals surface area (Å²) in [6.07, 6.45) is 4.30. The Bertz CT molecular complexity index is 716. The molecule has 0 spiro atoms. The van der Waals surface area contributed by atoms with E-state index in [9.17, 15) is 14.4 Å². The van der Waals surface area contributed by atoms with E-state index in [1.807, 2.05) is 12.3 Å². The number of hydrogen-bond acceptors (Lipinski definition) is 5. The molecule has 1 aromatic rings. The molecule has 3 heterocycles. The normalized spacial score (nSPS) is 19.8. The van der Waals surface area contributed by atoms with E-state index in [1.54, 1.807) is 4.90 Å². The molecule has 1 unspecified atom stereocenters. The lowest BCUT2D eigenvalue weighted by Gasteiger charge is -2.43. The van der Waals surface area contributed by atoms with E-state index in [4.69, 9.17) is 5.84 Å². The number of amides is 3. The molecule has 9 nitrogen and oxygen atoms in total. The van der Waals surface area contributed by atoms with E-state index in [1.165, 1.54) is 4.90 Å². The summed E-state index contributed by atoms with van der Waals surface area (Å²) in [5.74, 6) is 4.55. The van der Waals surface area contributed by atoms with E-state index in [2.05, 4.69) is 9.97 Å². The van der Waals surface area contributed by atoms with Crippen LogP contribution in [-0.2, 0) is 0 Å². The number of H-pyrrole nitrogens is 1. The van der Waals surface area contributed by atoms with Crippen LogP contribution in [0, 0.1) is 0 Å². The molecular weight excluding hydrogens is 312 g/mol. The number of hydrogen-bond donors (Lipinski definition) is 3. The highest BCUT2D eigenvalue weighted by Crippen LogP contribution is 2.38. The molecule has 9 heteroatoms. The Labute approximate surface area is 139 Å². The van der Waals surface area contributed by atoms with Crippen LogP contribution in [0.1, 0.15) is 61.3 Å². The molecule has 3 rings (SSSR count). The van der Waals surface area contributed by atoms with Crippen LogP contribution in [-0.4, -0.2) is 39.9 Å². The molecule has 3 amide bonds. The van der Waals surface area contributed by atoms with Gasteiger partial charge in [0, 0.05) is 13.1 Å². The highest BCUT2D eigenvalue weighted by molar-refractivity contribution is 5.96. The molecule has 24 heavy (non-hydrogen) atoms. The summed E-state index contributed by atoms with van der Waals surface area (Å²) in [4.78, 5) is 47.2. The minimum absolute atomic E-state index is 0.141. The standard InChI is InChI=1S/C15H22N6O3/c1-2-3-7-21-12-10(9-6-4-5-8-20(9)15(21)24)13(22)18-11(17-12)14(23)19-16/h9H,2-8,16H2,1H3,(H,19,23)(H,17,18,22). The Hall–Kier alpha value is -2.42. The van der Waals surface area contributed by atoms with Crippen LogP contribution >= 0.6 is 0 Å². The van der Waals surface area contributed by atoms with Crippen molar-refractivity contribution in [1.82, 2.24) is 20.3 Å². The predicted octanol–water partition coefficient (Wildman–Crippen LogP) is 0.641. The second-order valence-corrected chi connectivity index (χ2v) is 6.12. The van der Waals surface area contributed by atoms with Gasteiger partial charge in [0.1, 0.15) is 5.82 Å². The Balaban J connectivity index is 2.14. The number of carbonyl (C=O) groups is 2. The first-order chi connectivity index (χ1) is 11.6. The number of unbranched alkanes of at least 4 members (excludes halogenated alkanes) is 1. The predicted molar refractivity (Wildman–Crippen MR) is 87.5 cm³/mol. The molecule has 2 aliphatic heterocycles. The minimum Gasteiger partial charge on any atom is -0.317 e. The first kappa shape index (κ1) is 16.4. The fourth-order valence-electron chi connectivity index (χ4n) is 3.38. The van der Waals surface area contributed by atoms with E-state index in [0.717, 1.165) is 32.1 Å². The maximum atomic E-state index is 12.9. The van der Waals surface area contributed by atoms with Crippen molar-refractivity contribution in [3.05, 3.63) is 21.7 Å². The number of hydrazine groups is 1. The quantitative estimate of drug-likeness (QED) is 0.423. The van der Waals surface area contributed by atoms with Gasteiger partial charge in [-0.1, -0.05) is 13.3 Å². The zero-order chi connectivity index (χ0) is 17.3. The maximum absolute atomic E-state index is 12.9. The van der Waals surface area contributed by atoms with Crippen molar-refractivity contribution in [3.8, 4) is 0 Å². The third kappa shape index (κ3) is 2.64. The van der Waals surface area contributed by atoms with Crippen LogP contribution in [0.5, 0.6) is 0 Å². The third-order valence-electron chi connectivity index (χ3n) is 4.58. The Morgan fingerprint density at radius 3 is 2.92 bits per heavy atom. The zero-order valence-electron chi connectivity index (χ0n) is 13.7. The molecule has 1 atom stereocenters. The van der Waals surface area contributed by atoms with Crippen LogP contribution in [0.25, 0.3) is 0 Å². The van der Waals surface area contributed by atoms with E-state index in [0.29, 0.717) is 24.5 Å². The highest BCUT2D eigenvalue weighted by atomic mass is 16.2. The summed E-state index contributed by atoms with van der Waals surface area (Å²) in [5.41, 5.74) is 2.04. The molecule has 0 radical (unpaired) electrons. The van der Waals surface area contributed by atoms with Gasteiger partial charge in [-0.05, 0) is 25.7 Å². The van der Waals surface area contributed by atoms with Crippen molar-refractivity contribution in [2.45, 2.75) is 45.1 Å². The highest BCUT2D eigenvalue weighted by Gasteiger charge is 2.41. The number of aromatic amines is 1. The fourth-order valence-corrected chi connectivity index (χ4v) is 3.38. The van der Waals surface area contributed by atoms with Crippen LogP contribution < -0.4 is 21.7 Å². The number of nitrogens with zero attached hydrogens (tertiary/aromatic N) is 3. The van der Waals surface area contributed by atoms with Crippen molar-refractivity contribution >= 4 is 17.8 Å². The summed E-state index contributed by atoms with van der Waals surface area (Å²) in [6.45, 7) is 3.12. The summed E-state index contributed by atoms with van der Waals surface area (Å²) in [5, 5.41) is 0. The van der Waals surface area contributed by atoms with Gasteiger partial charge in [-0.3, -0.25) is 19.9 Å². The van der Waals surface area contributed by atoms with Gasteiger partial charge in [0.2, 0.25) is 5.82 Å². The van der Waals surface area contributed by atoms with E-state index >= 15 is 0 Å². The summed E-state index contributed by atoms with van der Waals surface area (Å²) < 4.78 is 0. The smallest absolute Gasteiger partial charge is 0.317 e. The average molecular weight is 334 g/mol. The lowest BCUT2D eigenvalue weighted by atomic mass is 9.94. The van der Waals surface area contributed by atoms with Gasteiger partial charge >= 0.3 is 11.9 Å². The molecular formula is C15H22N6O3. The maximum Gasteiger partial charge on any atom is 0.326 e. The SMILES string of the molecule is CCCCN1C(=O)N2CCCCC2c2c1nc(C(=O)NN)[nH]c2=O. The largest absolute Gasteiger partial charge is 0.326 e. The second-order valence-electron chi connectivity index (χ2n) is 6.12. The van der Waals surface area contributed by atoms with Gasteiger partial charge < -0.3 is 9.88 Å². The molecule has 2 aliphatic rings. The molecule has 1 aromatic heterocycles. The van der Waals surface area contributed by atoms with Crippen molar-refractivity contribution < 1.29 is 9.59 Å². The monoisotopic (exact) mass is 334 g/mol. The lowest BCUT2D eigenvalue weighted by Crippen LogP contribution is -2.54. The zero-order valence-corrected chi connectivity index (χ0v) is 13.7. The third-order valence-corrected chi connectivity index (χ3v) is 4.58. The minimum atomic E-state index is -0.691. The number of nitrogen functional groups attached to an aromatic ring is 1. The molecule has 0 aromatic carbocycles. The number of urea groups is 1. The molecule has 1 fully saturated rings.